The van der Waals surface area contributed by atoms with Crippen LogP contribution in [0.2, 0.25) is 0 Å². The number of aliphatic hydroxyl groups is 1. The van der Waals surface area contributed by atoms with Gasteiger partial charge >= 0.3 is 0 Å². The zero-order valence-electron chi connectivity index (χ0n) is 19.3. The van der Waals surface area contributed by atoms with Crippen LogP contribution in [0.4, 0.5) is 11.8 Å². The van der Waals surface area contributed by atoms with Gasteiger partial charge in [0.25, 0.3) is 0 Å². The summed E-state index contributed by atoms with van der Waals surface area (Å²) >= 11 is 0. The third-order valence-electron chi connectivity index (χ3n) is 8.29. The van der Waals surface area contributed by atoms with Crippen molar-refractivity contribution in [1.29, 1.82) is 0 Å². The van der Waals surface area contributed by atoms with Crippen molar-refractivity contribution in [2.45, 2.75) is 80.6 Å². The number of hydrogen-bond donors (Lipinski definition) is 2. The molecule has 1 atom stereocenters. The van der Waals surface area contributed by atoms with Gasteiger partial charge in [0, 0.05) is 18.8 Å². The molecule has 2 aromatic rings. The lowest BCUT2D eigenvalue weighted by molar-refractivity contribution is 0.143. The minimum absolute atomic E-state index is 0.0833. The first-order valence-corrected chi connectivity index (χ1v) is 14.0. The summed E-state index contributed by atoms with van der Waals surface area (Å²) in [6.07, 6.45) is 10.5. The molecule has 1 saturated heterocycles. The normalized spacial score (nSPS) is 24.2. The quantitative estimate of drug-likeness (QED) is 0.699. The van der Waals surface area contributed by atoms with Crippen molar-refractivity contribution in [2.75, 3.05) is 35.7 Å². The van der Waals surface area contributed by atoms with Crippen molar-refractivity contribution in [3.05, 3.63) is 40.6 Å². The van der Waals surface area contributed by atoms with E-state index in [0.717, 1.165) is 81.0 Å². The third kappa shape index (κ3) is 3.97. The number of nitrogens with zero attached hydrogens (tertiary/aromatic N) is 3. The number of aromatic nitrogens is 2. The van der Waals surface area contributed by atoms with Crippen LogP contribution in [0.1, 0.15) is 73.2 Å². The summed E-state index contributed by atoms with van der Waals surface area (Å²) < 4.78 is 13.1. The average molecular weight is 467 g/mol. The van der Waals surface area contributed by atoms with Gasteiger partial charge in [-0.05, 0) is 86.8 Å². The van der Waals surface area contributed by atoms with Gasteiger partial charge in [-0.15, -0.1) is 0 Å². The molecule has 2 aliphatic carbocycles. The Morgan fingerprint density at radius 1 is 1.06 bits per heavy atom. The van der Waals surface area contributed by atoms with E-state index in [1.807, 2.05) is 0 Å². The first kappa shape index (κ1) is 21.5. The second-order valence-electron chi connectivity index (χ2n) is 10.4. The topological polar surface area (TPSA) is 78.4 Å². The Kier molecular flexibility index (Phi) is 5.65. The first-order chi connectivity index (χ1) is 16.1. The zero-order valence-corrected chi connectivity index (χ0v) is 20.1. The van der Waals surface area contributed by atoms with Gasteiger partial charge in [0.2, 0.25) is 5.95 Å². The van der Waals surface area contributed by atoms with Gasteiger partial charge in [-0.25, -0.2) is 4.98 Å². The molecule has 33 heavy (non-hydrogen) atoms. The number of anilines is 2. The molecule has 6 rings (SSSR count). The van der Waals surface area contributed by atoms with Gasteiger partial charge in [0.15, 0.2) is 0 Å². The van der Waals surface area contributed by atoms with Gasteiger partial charge in [0.05, 0.1) is 28.6 Å². The van der Waals surface area contributed by atoms with E-state index in [0.29, 0.717) is 17.5 Å². The number of benzene rings is 1. The fraction of sp³-hybridized carbons (Fsp3) is 0.615. The molecule has 1 aromatic heterocycles. The summed E-state index contributed by atoms with van der Waals surface area (Å²) in [6.45, 7) is 1.96. The van der Waals surface area contributed by atoms with Crippen molar-refractivity contribution in [1.82, 2.24) is 9.97 Å². The van der Waals surface area contributed by atoms with E-state index in [1.165, 1.54) is 24.0 Å². The summed E-state index contributed by atoms with van der Waals surface area (Å²) in [6, 6.07) is 7.09. The van der Waals surface area contributed by atoms with E-state index < -0.39 is 10.8 Å². The summed E-state index contributed by atoms with van der Waals surface area (Å²) in [5, 5.41) is 13.6. The molecule has 7 heteroatoms. The van der Waals surface area contributed by atoms with Crippen LogP contribution in [0, 0.1) is 0 Å². The Hall–Kier alpha value is -1.99. The molecule has 0 unspecified atom stereocenters. The van der Waals surface area contributed by atoms with Gasteiger partial charge in [-0.2, -0.15) is 4.98 Å². The molecular formula is C26H34N4O2S. The number of aryl methyl sites for hydroxylation is 3. The lowest BCUT2D eigenvalue weighted by Crippen LogP contribution is -2.49. The maximum absolute atomic E-state index is 13.1. The molecule has 2 aliphatic heterocycles. The highest BCUT2D eigenvalue weighted by Gasteiger charge is 2.38. The summed E-state index contributed by atoms with van der Waals surface area (Å²) in [7, 11) is -1.09. The molecule has 1 aromatic carbocycles. The minimum atomic E-state index is -1.09. The number of hydrogen-bond acceptors (Lipinski definition) is 6. The van der Waals surface area contributed by atoms with Crippen LogP contribution in [-0.2, 0) is 30.1 Å². The number of piperidine rings is 1. The van der Waals surface area contributed by atoms with Crippen LogP contribution in [0.3, 0.4) is 0 Å². The first-order valence-electron chi connectivity index (χ1n) is 12.7. The molecule has 3 heterocycles. The monoisotopic (exact) mass is 466 g/mol. The molecule has 0 radical (unpaired) electrons. The second kappa shape index (κ2) is 8.66. The molecule has 2 N–H and O–H groups in total. The molecular weight excluding hydrogens is 432 g/mol. The smallest absolute Gasteiger partial charge is 0.227 e. The van der Waals surface area contributed by atoms with E-state index >= 15 is 0 Å². The number of rotatable bonds is 5. The van der Waals surface area contributed by atoms with E-state index in [2.05, 4.69) is 28.4 Å². The molecule has 0 bridgehead atoms. The van der Waals surface area contributed by atoms with E-state index in [4.69, 9.17) is 9.97 Å². The minimum Gasteiger partial charge on any atom is -0.394 e. The molecule has 176 valence electrons. The van der Waals surface area contributed by atoms with Gasteiger partial charge < -0.3 is 15.3 Å². The lowest BCUT2D eigenvalue weighted by atomic mass is 9.77. The van der Waals surface area contributed by atoms with Crippen LogP contribution in [0.15, 0.2) is 23.1 Å². The van der Waals surface area contributed by atoms with E-state index in [9.17, 15) is 9.32 Å². The molecule has 4 aliphatic rings. The predicted octanol–water partition coefficient (Wildman–Crippen LogP) is 3.73. The van der Waals surface area contributed by atoms with Crippen molar-refractivity contribution in [3.63, 3.8) is 0 Å². The highest BCUT2D eigenvalue weighted by molar-refractivity contribution is 7.85. The summed E-state index contributed by atoms with van der Waals surface area (Å²) in [4.78, 5) is 13.0. The van der Waals surface area contributed by atoms with Crippen molar-refractivity contribution < 1.29 is 9.32 Å². The van der Waals surface area contributed by atoms with Gasteiger partial charge in [-0.3, -0.25) is 4.21 Å². The van der Waals surface area contributed by atoms with Crippen LogP contribution in [0.25, 0.3) is 0 Å². The SMILES string of the molecule is O=[S@@]1CCCCc2nc(N3CCC(c4ccc5c(c4)CC5)CC3)nc(NC3(CO)CCC3)c21. The Morgan fingerprint density at radius 3 is 2.55 bits per heavy atom. The van der Waals surface area contributed by atoms with Crippen LogP contribution in [0.5, 0.6) is 0 Å². The van der Waals surface area contributed by atoms with Gasteiger partial charge in [0.1, 0.15) is 10.7 Å². The number of aliphatic hydroxyl groups excluding tert-OH is 1. The fourth-order valence-electron chi connectivity index (χ4n) is 5.81. The van der Waals surface area contributed by atoms with E-state index in [-0.39, 0.29) is 12.1 Å². The second-order valence-corrected chi connectivity index (χ2v) is 11.9. The summed E-state index contributed by atoms with van der Waals surface area (Å²) in [5.74, 6) is 2.74. The maximum Gasteiger partial charge on any atom is 0.227 e. The van der Waals surface area contributed by atoms with Crippen LogP contribution < -0.4 is 10.2 Å². The Morgan fingerprint density at radius 2 is 1.88 bits per heavy atom. The molecule has 0 spiro atoms. The maximum atomic E-state index is 13.1. The number of fused-ring (bicyclic) bond motifs is 2. The fourth-order valence-corrected chi connectivity index (χ4v) is 7.20. The third-order valence-corrected chi connectivity index (χ3v) is 9.83. The lowest BCUT2D eigenvalue weighted by Gasteiger charge is -2.42. The van der Waals surface area contributed by atoms with Crippen LogP contribution >= 0.6 is 0 Å². The standard InChI is InChI=1S/C26H34N4O2S/c31-17-26(11-3-12-26)29-24-23-22(4-1-2-15-33(23)32)27-25(28-24)30-13-9-19(10-14-30)21-8-6-18-5-7-20(18)16-21/h6,8,16,19,31H,1-5,7,9-15,17H2,(H,27,28,29)/t33-/m1/s1. The van der Waals surface area contributed by atoms with Crippen molar-refractivity contribution in [2.24, 2.45) is 0 Å². The average Bonchev–Trinajstić information content (AvgIpc) is 2.98. The largest absolute Gasteiger partial charge is 0.394 e. The van der Waals surface area contributed by atoms with Crippen molar-refractivity contribution >= 4 is 22.6 Å². The van der Waals surface area contributed by atoms with E-state index in [1.54, 1.807) is 5.56 Å². The zero-order chi connectivity index (χ0) is 22.4. The predicted molar refractivity (Wildman–Crippen MR) is 132 cm³/mol. The van der Waals surface area contributed by atoms with Crippen LogP contribution in [-0.4, -0.2) is 50.3 Å². The Balaban J connectivity index is 1.25. The summed E-state index contributed by atoms with van der Waals surface area (Å²) in [5.41, 5.74) is 5.18. The van der Waals surface area contributed by atoms with Gasteiger partial charge in [-0.1, -0.05) is 18.2 Å². The molecule has 2 fully saturated rings. The Labute approximate surface area is 198 Å². The van der Waals surface area contributed by atoms with Crippen molar-refractivity contribution in [3.8, 4) is 0 Å². The molecule has 6 nitrogen and oxygen atoms in total. The molecule has 1 saturated carbocycles. The highest BCUT2D eigenvalue weighted by Crippen LogP contribution is 2.39. The Bertz CT molecular complexity index is 1070. The number of nitrogens with one attached hydrogen (secondary N) is 1. The molecule has 0 amide bonds. The highest BCUT2D eigenvalue weighted by atomic mass is 32.2.